The van der Waals surface area contributed by atoms with Crippen LogP contribution >= 0.6 is 0 Å². The van der Waals surface area contributed by atoms with E-state index in [4.69, 9.17) is 9.47 Å². The van der Waals surface area contributed by atoms with Gasteiger partial charge in [0.2, 0.25) is 5.91 Å². The lowest BCUT2D eigenvalue weighted by Gasteiger charge is -2.22. The van der Waals surface area contributed by atoms with Crippen LogP contribution in [0.4, 0.5) is 0 Å². The summed E-state index contributed by atoms with van der Waals surface area (Å²) < 4.78 is 11.4. The fourth-order valence-corrected chi connectivity index (χ4v) is 3.76. The van der Waals surface area contributed by atoms with Crippen LogP contribution in [0.3, 0.4) is 0 Å². The summed E-state index contributed by atoms with van der Waals surface area (Å²) in [5.74, 6) is 0.684. The first kappa shape index (κ1) is 19.7. The number of nitrogens with zero attached hydrogens (tertiary/aromatic N) is 1. The number of hydrogen-bond donors (Lipinski definition) is 1. The van der Waals surface area contributed by atoms with Gasteiger partial charge in [-0.05, 0) is 38.2 Å². The number of benzene rings is 1. The van der Waals surface area contributed by atoms with Crippen molar-refractivity contribution in [3.05, 3.63) is 29.8 Å². The molecule has 2 fully saturated rings. The molecule has 0 bridgehead atoms. The summed E-state index contributed by atoms with van der Waals surface area (Å²) >= 11 is 0. The van der Waals surface area contributed by atoms with E-state index in [1.165, 1.54) is 0 Å². The van der Waals surface area contributed by atoms with Gasteiger partial charge in [-0.1, -0.05) is 25.1 Å². The van der Waals surface area contributed by atoms with Crippen LogP contribution in [0.2, 0.25) is 0 Å². The number of likely N-dealkylation sites (tertiary alicyclic amines) is 1. The number of amides is 2. The van der Waals surface area contributed by atoms with Crippen LogP contribution < -0.4 is 10.1 Å². The molecule has 0 unspecified atom stereocenters. The molecule has 2 aliphatic heterocycles. The topological polar surface area (TPSA) is 67.9 Å². The van der Waals surface area contributed by atoms with Crippen LogP contribution in [0, 0.1) is 0 Å². The molecule has 1 N–H and O–H groups in total. The van der Waals surface area contributed by atoms with Crippen molar-refractivity contribution in [1.82, 2.24) is 10.2 Å². The molecule has 1 aromatic carbocycles. The van der Waals surface area contributed by atoms with Gasteiger partial charge in [0.25, 0.3) is 5.91 Å². The molecular formula is C21H30N2O4. The number of carbonyl (C=O) groups excluding carboxylic acids is 2. The highest BCUT2D eigenvalue weighted by atomic mass is 16.5. The summed E-state index contributed by atoms with van der Waals surface area (Å²) in [6.07, 6.45) is 5.28. The summed E-state index contributed by atoms with van der Waals surface area (Å²) in [6, 6.07) is 7.49. The third kappa shape index (κ3) is 5.45. The minimum atomic E-state index is -0.142. The van der Waals surface area contributed by atoms with E-state index in [9.17, 15) is 9.59 Å². The summed E-state index contributed by atoms with van der Waals surface area (Å²) in [6.45, 7) is 4.46. The molecule has 2 atom stereocenters. The Kier molecular flexibility index (Phi) is 7.10. The Labute approximate surface area is 161 Å². The zero-order valence-corrected chi connectivity index (χ0v) is 16.1. The lowest BCUT2D eigenvalue weighted by atomic mass is 10.0. The van der Waals surface area contributed by atoms with Gasteiger partial charge in [-0.15, -0.1) is 0 Å². The van der Waals surface area contributed by atoms with Crippen molar-refractivity contribution >= 4 is 11.8 Å². The zero-order valence-electron chi connectivity index (χ0n) is 16.1. The predicted molar refractivity (Wildman–Crippen MR) is 103 cm³/mol. The van der Waals surface area contributed by atoms with Gasteiger partial charge in [0.05, 0.1) is 18.6 Å². The Morgan fingerprint density at radius 3 is 2.74 bits per heavy atom. The molecule has 2 saturated heterocycles. The molecule has 0 radical (unpaired) electrons. The molecule has 6 nitrogen and oxygen atoms in total. The quantitative estimate of drug-likeness (QED) is 0.760. The molecule has 0 saturated carbocycles. The fraction of sp³-hybridized carbons (Fsp3) is 0.619. The van der Waals surface area contributed by atoms with E-state index in [-0.39, 0.29) is 30.6 Å². The second kappa shape index (κ2) is 9.74. The van der Waals surface area contributed by atoms with Gasteiger partial charge in [0.1, 0.15) is 5.75 Å². The molecule has 1 aromatic rings. The van der Waals surface area contributed by atoms with Gasteiger partial charge in [-0.25, -0.2) is 0 Å². The number of ether oxygens (including phenoxy) is 2. The van der Waals surface area contributed by atoms with Crippen LogP contribution in [0.15, 0.2) is 24.3 Å². The van der Waals surface area contributed by atoms with E-state index in [1.807, 2.05) is 36.1 Å². The molecule has 27 heavy (non-hydrogen) atoms. The Bertz CT molecular complexity index is 637. The van der Waals surface area contributed by atoms with Crippen LogP contribution in [0.1, 0.15) is 57.1 Å². The Hall–Kier alpha value is -2.08. The monoisotopic (exact) mass is 374 g/mol. The minimum absolute atomic E-state index is 0.00306. The van der Waals surface area contributed by atoms with Crippen molar-refractivity contribution in [2.45, 2.75) is 57.6 Å². The second-order valence-corrected chi connectivity index (χ2v) is 7.28. The zero-order chi connectivity index (χ0) is 19.1. The average molecular weight is 374 g/mol. The minimum Gasteiger partial charge on any atom is -0.483 e. The number of rotatable bonds is 8. The van der Waals surface area contributed by atoms with Crippen molar-refractivity contribution in [1.29, 1.82) is 0 Å². The van der Waals surface area contributed by atoms with Crippen molar-refractivity contribution in [2.24, 2.45) is 0 Å². The molecule has 6 heteroatoms. The Morgan fingerprint density at radius 2 is 2.04 bits per heavy atom. The first-order chi connectivity index (χ1) is 13.2. The molecule has 3 rings (SSSR count). The van der Waals surface area contributed by atoms with Gasteiger partial charge in [-0.3, -0.25) is 9.59 Å². The summed E-state index contributed by atoms with van der Waals surface area (Å²) in [5.41, 5.74) is 0.912. The van der Waals surface area contributed by atoms with Gasteiger partial charge < -0.3 is 19.7 Å². The fourth-order valence-electron chi connectivity index (χ4n) is 3.76. The first-order valence-corrected chi connectivity index (χ1v) is 10.1. The largest absolute Gasteiger partial charge is 0.483 e. The van der Waals surface area contributed by atoms with Crippen molar-refractivity contribution in [3.8, 4) is 5.75 Å². The van der Waals surface area contributed by atoms with Gasteiger partial charge in [-0.2, -0.15) is 0 Å². The van der Waals surface area contributed by atoms with Gasteiger partial charge in [0, 0.05) is 25.3 Å². The van der Waals surface area contributed by atoms with Crippen molar-refractivity contribution in [3.63, 3.8) is 0 Å². The highest BCUT2D eigenvalue weighted by molar-refractivity contribution is 5.78. The Balaban J connectivity index is 1.59. The predicted octanol–water partition coefficient (Wildman–Crippen LogP) is 2.82. The van der Waals surface area contributed by atoms with Crippen molar-refractivity contribution < 1.29 is 19.1 Å². The van der Waals surface area contributed by atoms with E-state index in [2.05, 4.69) is 5.32 Å². The van der Waals surface area contributed by atoms with Crippen LogP contribution in [0.25, 0.3) is 0 Å². The van der Waals surface area contributed by atoms with E-state index < -0.39 is 0 Å². The number of para-hydroxylation sites is 1. The molecule has 0 spiro atoms. The smallest absolute Gasteiger partial charge is 0.260 e. The molecular weight excluding hydrogens is 344 g/mol. The van der Waals surface area contributed by atoms with Crippen molar-refractivity contribution in [2.75, 3.05) is 26.3 Å². The molecule has 148 valence electrons. The summed E-state index contributed by atoms with van der Waals surface area (Å²) in [7, 11) is 0. The highest BCUT2D eigenvalue weighted by Crippen LogP contribution is 2.28. The number of nitrogens with one attached hydrogen (secondary N) is 1. The SMILES string of the molecule is CC[C@H](NC(=O)C[C@H]1CCCO1)c1ccccc1OCC(=O)N1CCCC1. The third-order valence-corrected chi connectivity index (χ3v) is 5.28. The number of hydrogen-bond acceptors (Lipinski definition) is 4. The first-order valence-electron chi connectivity index (χ1n) is 10.1. The lowest BCUT2D eigenvalue weighted by Crippen LogP contribution is -2.33. The van der Waals surface area contributed by atoms with E-state index in [1.54, 1.807) is 0 Å². The molecule has 2 amide bonds. The lowest BCUT2D eigenvalue weighted by molar-refractivity contribution is -0.132. The van der Waals surface area contributed by atoms with E-state index >= 15 is 0 Å². The van der Waals surface area contributed by atoms with Crippen LogP contribution in [-0.2, 0) is 14.3 Å². The normalized spacial score (nSPS) is 20.5. The van der Waals surface area contributed by atoms with Crippen LogP contribution in [0.5, 0.6) is 5.75 Å². The highest BCUT2D eigenvalue weighted by Gasteiger charge is 2.23. The maximum Gasteiger partial charge on any atom is 0.260 e. The molecule has 2 heterocycles. The van der Waals surface area contributed by atoms with Crippen LogP contribution in [-0.4, -0.2) is 49.1 Å². The number of carbonyl (C=O) groups is 2. The molecule has 2 aliphatic rings. The van der Waals surface area contributed by atoms with E-state index in [0.29, 0.717) is 12.2 Å². The summed E-state index contributed by atoms with van der Waals surface area (Å²) in [4.78, 5) is 26.5. The molecule has 0 aromatic heterocycles. The maximum atomic E-state index is 12.4. The second-order valence-electron chi connectivity index (χ2n) is 7.28. The molecule has 0 aliphatic carbocycles. The van der Waals surface area contributed by atoms with Gasteiger partial charge in [0.15, 0.2) is 6.61 Å². The average Bonchev–Trinajstić information content (AvgIpc) is 3.38. The third-order valence-electron chi connectivity index (χ3n) is 5.28. The summed E-state index contributed by atoms with van der Waals surface area (Å²) in [5, 5.41) is 3.10. The Morgan fingerprint density at radius 1 is 1.26 bits per heavy atom. The maximum absolute atomic E-state index is 12.4. The standard InChI is InChI=1S/C21H30N2O4/c1-2-18(22-20(24)14-16-8-7-13-26-16)17-9-3-4-10-19(17)27-15-21(25)23-11-5-6-12-23/h3-4,9-10,16,18H,2,5-8,11-15H2,1H3,(H,22,24)/t16-,18+/m1/s1. The van der Waals surface area contributed by atoms with Gasteiger partial charge >= 0.3 is 0 Å². The van der Waals surface area contributed by atoms with E-state index in [0.717, 1.165) is 57.4 Å².